The van der Waals surface area contributed by atoms with Gasteiger partial charge in [0, 0.05) is 53.5 Å². The Morgan fingerprint density at radius 1 is 0.974 bits per heavy atom. The number of amides is 1. The zero-order valence-corrected chi connectivity index (χ0v) is 22.0. The number of rotatable bonds is 6. The van der Waals surface area contributed by atoms with Crippen LogP contribution in [-0.4, -0.2) is 24.0 Å². The van der Waals surface area contributed by atoms with Crippen molar-refractivity contribution in [3.8, 4) is 11.1 Å². The van der Waals surface area contributed by atoms with Gasteiger partial charge in [-0.1, -0.05) is 53.5 Å². The Morgan fingerprint density at radius 2 is 1.79 bits per heavy atom. The quantitative estimate of drug-likeness (QED) is 0.253. The Morgan fingerprint density at radius 3 is 2.59 bits per heavy atom. The summed E-state index contributed by atoms with van der Waals surface area (Å²) in [6, 6.07) is 19.9. The average molecular weight is 571 g/mol. The molecule has 5 rings (SSSR count). The monoisotopic (exact) mass is 570 g/mol. The van der Waals surface area contributed by atoms with E-state index in [1.807, 2.05) is 35.2 Å². The van der Waals surface area contributed by atoms with Crippen LogP contribution in [0.3, 0.4) is 0 Å². The fraction of sp³-hybridized carbons (Fsp3) is 0.172. The summed E-state index contributed by atoms with van der Waals surface area (Å²) in [5.41, 5.74) is 2.78. The van der Waals surface area contributed by atoms with Crippen molar-refractivity contribution in [2.45, 2.75) is 19.3 Å². The molecule has 0 aliphatic carbocycles. The van der Waals surface area contributed by atoms with E-state index in [0.717, 1.165) is 22.8 Å². The molecule has 1 aromatic heterocycles. The second-order valence-electron chi connectivity index (χ2n) is 9.09. The smallest absolute Gasteiger partial charge is 0.367 e. The number of hydrogen-bond donors (Lipinski definition) is 2. The van der Waals surface area contributed by atoms with Gasteiger partial charge in [0.15, 0.2) is 0 Å². The number of pyridine rings is 1. The second kappa shape index (κ2) is 11.2. The number of carbonyl (C=O) groups is 1. The summed E-state index contributed by atoms with van der Waals surface area (Å²) in [4.78, 5) is 19.2. The maximum absolute atomic E-state index is 13.7. The third kappa shape index (κ3) is 6.13. The Kier molecular flexibility index (Phi) is 7.68. The van der Waals surface area contributed by atoms with E-state index in [9.17, 15) is 18.0 Å². The minimum absolute atomic E-state index is 0.0136. The standard InChI is InChI=1S/C29H23Cl2F3N4O/c30-23-8-9-24(29(32,33)34)22(13-23)17-38-11-10-35-27-26(38)14-21(16-36-27)18-5-3-6-19(12-18)28(39)37-15-20-4-1-2-7-25(20)31/h1-9,12-14,16H,10-11,15,17H2,(H,35,36)(H,37,39). The number of halogens is 5. The van der Waals surface area contributed by atoms with E-state index < -0.39 is 11.7 Å². The Labute approximate surface area is 233 Å². The molecule has 1 aliphatic heterocycles. The topological polar surface area (TPSA) is 57.3 Å². The highest BCUT2D eigenvalue weighted by Gasteiger charge is 2.34. The fourth-order valence-corrected chi connectivity index (χ4v) is 4.91. The van der Waals surface area contributed by atoms with Gasteiger partial charge in [-0.05, 0) is 59.2 Å². The minimum Gasteiger partial charge on any atom is -0.367 e. The lowest BCUT2D eigenvalue weighted by Gasteiger charge is -2.32. The fourth-order valence-electron chi connectivity index (χ4n) is 4.52. The van der Waals surface area contributed by atoms with Crippen LogP contribution in [0.2, 0.25) is 10.0 Å². The van der Waals surface area contributed by atoms with E-state index in [1.165, 1.54) is 12.1 Å². The van der Waals surface area contributed by atoms with Crippen LogP contribution in [-0.2, 0) is 19.3 Å². The zero-order chi connectivity index (χ0) is 27.6. The van der Waals surface area contributed by atoms with Crippen LogP contribution >= 0.6 is 23.2 Å². The van der Waals surface area contributed by atoms with E-state index in [-0.39, 0.29) is 29.6 Å². The molecule has 1 aliphatic rings. The summed E-state index contributed by atoms with van der Waals surface area (Å²) < 4.78 is 41.0. The summed E-state index contributed by atoms with van der Waals surface area (Å²) in [5.74, 6) is 0.320. The third-order valence-electron chi connectivity index (χ3n) is 6.47. The molecule has 200 valence electrons. The lowest BCUT2D eigenvalue weighted by Crippen LogP contribution is -2.34. The van der Waals surface area contributed by atoms with Crippen LogP contribution in [0.4, 0.5) is 24.7 Å². The molecule has 0 unspecified atom stereocenters. The van der Waals surface area contributed by atoms with Crippen molar-refractivity contribution in [1.29, 1.82) is 0 Å². The number of aromatic nitrogens is 1. The first-order valence-electron chi connectivity index (χ1n) is 12.2. The summed E-state index contributed by atoms with van der Waals surface area (Å²) in [7, 11) is 0. The van der Waals surface area contributed by atoms with Crippen molar-refractivity contribution in [3.05, 3.63) is 111 Å². The van der Waals surface area contributed by atoms with Crippen LogP contribution in [0.5, 0.6) is 0 Å². The zero-order valence-electron chi connectivity index (χ0n) is 20.5. The molecule has 3 aromatic carbocycles. The number of carbonyl (C=O) groups excluding carboxylic acids is 1. The molecule has 1 amide bonds. The number of nitrogens with one attached hydrogen (secondary N) is 2. The summed E-state index contributed by atoms with van der Waals surface area (Å²) in [6.45, 7) is 1.31. The average Bonchev–Trinajstić information content (AvgIpc) is 2.92. The molecule has 10 heteroatoms. The van der Waals surface area contributed by atoms with E-state index in [0.29, 0.717) is 35.2 Å². The number of fused-ring (bicyclic) bond motifs is 1. The Hall–Kier alpha value is -3.75. The van der Waals surface area contributed by atoms with Crippen molar-refractivity contribution in [3.63, 3.8) is 0 Å². The van der Waals surface area contributed by atoms with E-state index in [4.69, 9.17) is 23.2 Å². The lowest BCUT2D eigenvalue weighted by molar-refractivity contribution is -0.138. The maximum atomic E-state index is 13.7. The highest BCUT2D eigenvalue weighted by Crippen LogP contribution is 2.37. The maximum Gasteiger partial charge on any atom is 0.416 e. The van der Waals surface area contributed by atoms with Crippen molar-refractivity contribution in [2.24, 2.45) is 0 Å². The molecule has 5 nitrogen and oxygen atoms in total. The lowest BCUT2D eigenvalue weighted by atomic mass is 10.0. The molecule has 2 heterocycles. The van der Waals surface area contributed by atoms with Crippen LogP contribution in [0.15, 0.2) is 79.0 Å². The van der Waals surface area contributed by atoms with Gasteiger partial charge in [-0.15, -0.1) is 0 Å². The molecule has 2 N–H and O–H groups in total. The molecule has 0 spiro atoms. The number of hydrogen-bond acceptors (Lipinski definition) is 4. The van der Waals surface area contributed by atoms with Gasteiger partial charge in [0.05, 0.1) is 11.3 Å². The van der Waals surface area contributed by atoms with Crippen LogP contribution < -0.4 is 15.5 Å². The van der Waals surface area contributed by atoms with Gasteiger partial charge in [-0.2, -0.15) is 13.2 Å². The first-order chi connectivity index (χ1) is 18.7. The number of nitrogens with zero attached hydrogens (tertiary/aromatic N) is 2. The van der Waals surface area contributed by atoms with Gasteiger partial charge < -0.3 is 15.5 Å². The number of anilines is 2. The molecular formula is C29H23Cl2F3N4O. The highest BCUT2D eigenvalue weighted by atomic mass is 35.5. The van der Waals surface area contributed by atoms with Crippen molar-refractivity contribution >= 4 is 40.6 Å². The molecule has 39 heavy (non-hydrogen) atoms. The molecule has 0 saturated carbocycles. The summed E-state index contributed by atoms with van der Waals surface area (Å²) in [6.07, 6.45) is -2.82. The van der Waals surface area contributed by atoms with E-state index in [2.05, 4.69) is 15.6 Å². The van der Waals surface area contributed by atoms with Crippen LogP contribution in [0, 0.1) is 0 Å². The summed E-state index contributed by atoms with van der Waals surface area (Å²) >= 11 is 12.2. The molecule has 0 saturated heterocycles. The first kappa shape index (κ1) is 26.8. The van der Waals surface area contributed by atoms with Crippen molar-refractivity contribution in [2.75, 3.05) is 23.3 Å². The van der Waals surface area contributed by atoms with Gasteiger partial charge >= 0.3 is 6.18 Å². The molecule has 0 radical (unpaired) electrons. The second-order valence-corrected chi connectivity index (χ2v) is 9.94. The number of benzene rings is 3. The molecule has 4 aromatic rings. The summed E-state index contributed by atoms with van der Waals surface area (Å²) in [5, 5.41) is 6.90. The number of alkyl halides is 3. The molecule has 0 fully saturated rings. The normalized spacial score (nSPS) is 13.0. The van der Waals surface area contributed by atoms with Crippen LogP contribution in [0.25, 0.3) is 11.1 Å². The predicted octanol–water partition coefficient (Wildman–Crippen LogP) is 7.44. The predicted molar refractivity (Wildman–Crippen MR) is 148 cm³/mol. The van der Waals surface area contributed by atoms with E-state index >= 15 is 0 Å². The van der Waals surface area contributed by atoms with Crippen LogP contribution in [0.1, 0.15) is 27.0 Å². The van der Waals surface area contributed by atoms with Gasteiger partial charge in [0.2, 0.25) is 0 Å². The van der Waals surface area contributed by atoms with E-state index in [1.54, 1.807) is 30.5 Å². The highest BCUT2D eigenvalue weighted by molar-refractivity contribution is 6.31. The molecule has 0 atom stereocenters. The van der Waals surface area contributed by atoms with Gasteiger partial charge in [-0.25, -0.2) is 4.98 Å². The minimum atomic E-state index is -4.50. The third-order valence-corrected chi connectivity index (χ3v) is 7.08. The SMILES string of the molecule is O=C(NCc1ccccc1Cl)c1cccc(-c2cnc3c(c2)N(Cc2cc(Cl)ccc2C(F)(F)F)CCN3)c1. The van der Waals surface area contributed by atoms with Gasteiger partial charge in [0.25, 0.3) is 5.91 Å². The van der Waals surface area contributed by atoms with Gasteiger partial charge in [-0.3, -0.25) is 4.79 Å². The van der Waals surface area contributed by atoms with Gasteiger partial charge in [0.1, 0.15) is 5.82 Å². The molecular weight excluding hydrogens is 548 g/mol. The Balaban J connectivity index is 1.40. The van der Waals surface area contributed by atoms with Crippen molar-refractivity contribution < 1.29 is 18.0 Å². The first-order valence-corrected chi connectivity index (χ1v) is 12.9. The van der Waals surface area contributed by atoms with Crippen molar-refractivity contribution in [1.82, 2.24) is 10.3 Å². The Bertz CT molecular complexity index is 1530. The largest absolute Gasteiger partial charge is 0.416 e. The molecule has 0 bridgehead atoms.